The summed E-state index contributed by atoms with van der Waals surface area (Å²) >= 11 is 6.40. The van der Waals surface area contributed by atoms with Gasteiger partial charge in [-0.15, -0.1) is 0 Å². The van der Waals surface area contributed by atoms with Gasteiger partial charge in [-0.2, -0.15) is 0 Å². The average Bonchev–Trinajstić information content (AvgIpc) is 3.18. The van der Waals surface area contributed by atoms with E-state index < -0.39 is 11.7 Å². The van der Waals surface area contributed by atoms with Crippen LogP contribution in [0.2, 0.25) is 0 Å². The number of fused-ring (bicyclic) bond motifs is 1. The van der Waals surface area contributed by atoms with Crippen molar-refractivity contribution in [3.8, 4) is 17.2 Å². The number of rotatable bonds is 3. The normalized spacial score (nSPS) is 17.0. The van der Waals surface area contributed by atoms with Crippen LogP contribution in [0.5, 0.6) is 17.2 Å². The Morgan fingerprint density at radius 2 is 1.96 bits per heavy atom. The number of phenols is 1. The van der Waals surface area contributed by atoms with Crippen molar-refractivity contribution in [2.24, 2.45) is 0 Å². The second-order valence-electron chi connectivity index (χ2n) is 5.64. The number of hydrogen-bond donors (Lipinski definition) is 2. The molecule has 2 aromatic carbocycles. The summed E-state index contributed by atoms with van der Waals surface area (Å²) in [5.74, 6) is -0.798. The molecule has 0 unspecified atom stereocenters. The van der Waals surface area contributed by atoms with Gasteiger partial charge in [0.05, 0.1) is 10.6 Å². The Morgan fingerprint density at radius 1 is 1.19 bits per heavy atom. The number of benzene rings is 2. The molecule has 27 heavy (non-hydrogen) atoms. The Balaban J connectivity index is 1.64. The van der Waals surface area contributed by atoms with Gasteiger partial charge in [0.15, 0.2) is 15.8 Å². The van der Waals surface area contributed by atoms with Gasteiger partial charge in [-0.25, -0.2) is 4.79 Å². The van der Waals surface area contributed by atoms with Gasteiger partial charge in [0.25, 0.3) is 5.91 Å². The van der Waals surface area contributed by atoms with Gasteiger partial charge in [0, 0.05) is 6.07 Å². The number of aromatic hydroxyl groups is 1. The second kappa shape index (κ2) is 6.60. The number of thiocarbonyl (C=S) groups is 1. The van der Waals surface area contributed by atoms with E-state index in [1.165, 1.54) is 23.1 Å². The molecule has 2 aromatic rings. The zero-order chi connectivity index (χ0) is 19.1. The van der Waals surface area contributed by atoms with E-state index in [1.807, 2.05) is 0 Å². The Labute approximate surface area is 162 Å². The molecule has 1 amide bonds. The van der Waals surface area contributed by atoms with Crippen molar-refractivity contribution in [3.05, 3.63) is 52.4 Å². The lowest BCUT2D eigenvalue weighted by molar-refractivity contribution is -0.113. The van der Waals surface area contributed by atoms with E-state index in [4.69, 9.17) is 26.8 Å². The third-order valence-corrected chi connectivity index (χ3v) is 5.26. The monoisotopic (exact) mass is 401 g/mol. The third kappa shape index (κ3) is 3.11. The van der Waals surface area contributed by atoms with E-state index in [2.05, 4.69) is 0 Å². The van der Waals surface area contributed by atoms with E-state index in [9.17, 15) is 14.7 Å². The number of carbonyl (C=O) groups is 2. The highest BCUT2D eigenvalue weighted by Crippen LogP contribution is 2.39. The maximum Gasteiger partial charge on any atom is 0.339 e. The number of ether oxygens (including phenoxy) is 2. The maximum atomic E-state index is 12.8. The van der Waals surface area contributed by atoms with Crippen LogP contribution in [0.25, 0.3) is 6.08 Å². The third-order valence-electron chi connectivity index (χ3n) is 3.96. The summed E-state index contributed by atoms with van der Waals surface area (Å²) in [6, 6.07) is 9.19. The molecule has 2 heterocycles. The van der Waals surface area contributed by atoms with Crippen molar-refractivity contribution in [1.82, 2.24) is 0 Å². The van der Waals surface area contributed by atoms with Crippen LogP contribution in [0.15, 0.2) is 41.3 Å². The van der Waals surface area contributed by atoms with Crippen molar-refractivity contribution in [2.45, 2.75) is 0 Å². The van der Waals surface area contributed by atoms with E-state index in [1.54, 1.807) is 24.3 Å². The summed E-state index contributed by atoms with van der Waals surface area (Å²) in [6.45, 7) is 0.163. The largest absolute Gasteiger partial charge is 0.507 e. The van der Waals surface area contributed by atoms with Crippen LogP contribution in [0.3, 0.4) is 0 Å². The zero-order valence-corrected chi connectivity index (χ0v) is 15.2. The number of aromatic carboxylic acids is 1. The van der Waals surface area contributed by atoms with Gasteiger partial charge >= 0.3 is 5.97 Å². The molecule has 0 saturated carbocycles. The number of carboxylic acid groups (broad SMARTS) is 1. The first-order chi connectivity index (χ1) is 12.9. The molecule has 2 aliphatic rings. The number of nitrogens with zero attached hydrogens (tertiary/aromatic N) is 1. The van der Waals surface area contributed by atoms with Crippen LogP contribution in [0.4, 0.5) is 5.69 Å². The van der Waals surface area contributed by atoms with Crippen LogP contribution < -0.4 is 14.4 Å². The van der Waals surface area contributed by atoms with Gasteiger partial charge < -0.3 is 19.7 Å². The molecule has 0 atom stereocenters. The topological polar surface area (TPSA) is 96.3 Å². The predicted molar refractivity (Wildman–Crippen MR) is 103 cm³/mol. The number of carbonyl (C=O) groups excluding carboxylic acids is 1. The van der Waals surface area contributed by atoms with Gasteiger partial charge in [-0.05, 0) is 35.9 Å². The van der Waals surface area contributed by atoms with Crippen LogP contribution in [0.1, 0.15) is 15.9 Å². The molecule has 0 aromatic heterocycles. The van der Waals surface area contributed by atoms with E-state index in [-0.39, 0.29) is 22.6 Å². The molecule has 7 nitrogen and oxygen atoms in total. The fraction of sp³-hybridized carbons (Fsp3) is 0.0556. The van der Waals surface area contributed by atoms with Crippen molar-refractivity contribution < 1.29 is 29.3 Å². The number of thioether (sulfide) groups is 1. The molecule has 4 rings (SSSR count). The summed E-state index contributed by atoms with van der Waals surface area (Å²) in [5.41, 5.74) is 0.804. The molecule has 0 radical (unpaired) electrons. The number of carboxylic acids is 1. The van der Waals surface area contributed by atoms with Crippen LogP contribution in [0, 0.1) is 0 Å². The lowest BCUT2D eigenvalue weighted by Gasteiger charge is -2.15. The predicted octanol–water partition coefficient (Wildman–Crippen LogP) is 3.22. The lowest BCUT2D eigenvalue weighted by Crippen LogP contribution is -2.27. The first-order valence-corrected chi connectivity index (χ1v) is 8.90. The zero-order valence-electron chi connectivity index (χ0n) is 13.5. The van der Waals surface area contributed by atoms with Gasteiger partial charge in [0.2, 0.25) is 6.79 Å². The lowest BCUT2D eigenvalue weighted by atomic mass is 10.1. The molecule has 2 aliphatic heterocycles. The SMILES string of the molecule is O=C(O)c1ccc(N2C(=O)/C(=C\c3ccc4c(c3)OCO4)SC2=S)cc1O. The van der Waals surface area contributed by atoms with Crippen molar-refractivity contribution in [3.63, 3.8) is 0 Å². The van der Waals surface area contributed by atoms with Crippen molar-refractivity contribution in [1.29, 1.82) is 0 Å². The van der Waals surface area contributed by atoms with Crippen molar-refractivity contribution >= 4 is 51.9 Å². The van der Waals surface area contributed by atoms with Crippen LogP contribution in [-0.4, -0.2) is 33.2 Å². The summed E-state index contributed by atoms with van der Waals surface area (Å²) in [7, 11) is 0. The molecule has 0 aliphatic carbocycles. The van der Waals surface area contributed by atoms with Gasteiger partial charge in [-0.3, -0.25) is 9.69 Å². The van der Waals surface area contributed by atoms with E-state index in [0.717, 1.165) is 17.3 Å². The van der Waals surface area contributed by atoms with E-state index in [0.29, 0.717) is 22.1 Å². The number of anilines is 1. The Kier molecular flexibility index (Phi) is 4.25. The smallest absolute Gasteiger partial charge is 0.339 e. The first kappa shape index (κ1) is 17.4. The minimum atomic E-state index is -1.26. The quantitative estimate of drug-likeness (QED) is 0.598. The molecule has 0 spiro atoms. The minimum absolute atomic E-state index is 0.163. The molecular formula is C18H11NO6S2. The summed E-state index contributed by atoms with van der Waals surface area (Å²) in [6.07, 6.45) is 1.69. The fourth-order valence-electron chi connectivity index (χ4n) is 2.68. The summed E-state index contributed by atoms with van der Waals surface area (Å²) in [4.78, 5) is 25.5. The van der Waals surface area contributed by atoms with Crippen molar-refractivity contribution in [2.75, 3.05) is 11.7 Å². The maximum absolute atomic E-state index is 12.8. The average molecular weight is 401 g/mol. The van der Waals surface area contributed by atoms with Gasteiger partial charge in [-0.1, -0.05) is 30.0 Å². The molecule has 136 valence electrons. The highest BCUT2D eigenvalue weighted by Gasteiger charge is 2.34. The fourth-order valence-corrected chi connectivity index (χ4v) is 3.98. The molecule has 0 bridgehead atoms. The Morgan fingerprint density at radius 3 is 2.70 bits per heavy atom. The molecule has 1 saturated heterocycles. The number of amides is 1. The summed E-state index contributed by atoms with van der Waals surface area (Å²) in [5, 5.41) is 18.9. The molecule has 9 heteroatoms. The molecule has 2 N–H and O–H groups in total. The second-order valence-corrected chi connectivity index (χ2v) is 7.31. The molecular weight excluding hydrogens is 390 g/mol. The summed E-state index contributed by atoms with van der Waals surface area (Å²) < 4.78 is 10.9. The first-order valence-electron chi connectivity index (χ1n) is 7.68. The Hall–Kier alpha value is -3.04. The van der Waals surface area contributed by atoms with Crippen LogP contribution >= 0.6 is 24.0 Å². The van der Waals surface area contributed by atoms with E-state index >= 15 is 0 Å². The number of hydrogen-bond acceptors (Lipinski definition) is 7. The molecule has 1 fully saturated rings. The van der Waals surface area contributed by atoms with Crippen LogP contribution in [-0.2, 0) is 4.79 Å². The minimum Gasteiger partial charge on any atom is -0.507 e. The van der Waals surface area contributed by atoms with Gasteiger partial charge in [0.1, 0.15) is 11.3 Å². The highest BCUT2D eigenvalue weighted by molar-refractivity contribution is 8.27. The Bertz CT molecular complexity index is 1030. The highest BCUT2D eigenvalue weighted by atomic mass is 32.2. The standard InChI is InChI=1S/C18H11NO6S2/c20-12-7-10(2-3-11(12)17(22)23)19-16(21)15(27-18(19)26)6-9-1-4-13-14(5-9)25-8-24-13/h1-7,20H,8H2,(H,22,23)/b15-6+.